The summed E-state index contributed by atoms with van der Waals surface area (Å²) in [6.07, 6.45) is 4.09. The minimum absolute atomic E-state index is 0.125. The van der Waals surface area contributed by atoms with Crippen LogP contribution in [0.25, 0.3) is 0 Å². The third-order valence-corrected chi connectivity index (χ3v) is 2.17. The lowest BCUT2D eigenvalue weighted by Gasteiger charge is -2.20. The molecule has 0 fully saturated rings. The van der Waals surface area contributed by atoms with E-state index < -0.39 is 23.8 Å². The lowest BCUT2D eigenvalue weighted by molar-refractivity contribution is -0.153. The van der Waals surface area contributed by atoms with Gasteiger partial charge in [0.1, 0.15) is 0 Å². The molecule has 1 aliphatic rings. The molecule has 0 bridgehead atoms. The Labute approximate surface area is 92.8 Å². The maximum atomic E-state index is 10.6. The molecule has 0 aromatic carbocycles. The van der Waals surface area contributed by atoms with E-state index in [0.717, 1.165) is 0 Å². The van der Waals surface area contributed by atoms with Gasteiger partial charge in [0.2, 0.25) is 0 Å². The number of carboxylic acids is 2. The zero-order valence-corrected chi connectivity index (χ0v) is 8.74. The zero-order chi connectivity index (χ0) is 12.6. The van der Waals surface area contributed by atoms with Crippen LogP contribution in [0.4, 0.5) is 0 Å². The van der Waals surface area contributed by atoms with Gasteiger partial charge in [-0.15, -0.1) is 0 Å². The maximum absolute atomic E-state index is 10.6. The van der Waals surface area contributed by atoms with Gasteiger partial charge in [0.25, 0.3) is 0 Å². The number of hydrogen-bond donors (Lipinski definition) is 4. The van der Waals surface area contributed by atoms with Crippen LogP contribution in [0.5, 0.6) is 0 Å². The Bertz CT molecular complexity index is 234. The molecule has 0 saturated carbocycles. The van der Waals surface area contributed by atoms with Crippen LogP contribution in [0.2, 0.25) is 0 Å². The molecule has 6 nitrogen and oxygen atoms in total. The van der Waals surface area contributed by atoms with E-state index in [1.807, 2.05) is 0 Å². The fourth-order valence-corrected chi connectivity index (χ4v) is 1.36. The van der Waals surface area contributed by atoms with E-state index in [9.17, 15) is 9.59 Å². The molecule has 0 aromatic rings. The molecule has 0 amide bonds. The molecule has 92 valence electrons. The highest BCUT2D eigenvalue weighted by molar-refractivity contribution is 5.80. The van der Waals surface area contributed by atoms with Crippen LogP contribution < -0.4 is 0 Å². The quantitative estimate of drug-likeness (QED) is 0.497. The number of hydrogen-bond acceptors (Lipinski definition) is 4. The average molecular weight is 232 g/mol. The fourth-order valence-electron chi connectivity index (χ4n) is 1.36. The van der Waals surface area contributed by atoms with Crippen LogP contribution in [0, 0.1) is 11.8 Å². The second-order valence-electron chi connectivity index (χ2n) is 3.28. The van der Waals surface area contributed by atoms with Crippen molar-refractivity contribution < 1.29 is 30.0 Å². The molecule has 1 aliphatic carbocycles. The molecule has 16 heavy (non-hydrogen) atoms. The van der Waals surface area contributed by atoms with Gasteiger partial charge in [-0.25, -0.2) is 0 Å². The largest absolute Gasteiger partial charge is 0.481 e. The molecule has 2 unspecified atom stereocenters. The topological polar surface area (TPSA) is 115 Å². The number of aliphatic hydroxyl groups is 2. The molecule has 0 aromatic heterocycles. The Kier molecular flexibility index (Phi) is 7.15. The smallest absolute Gasteiger partial charge is 0.307 e. The second kappa shape index (κ2) is 7.84. The van der Waals surface area contributed by atoms with Gasteiger partial charge in [0, 0.05) is 0 Å². The Morgan fingerprint density at radius 3 is 1.44 bits per heavy atom. The van der Waals surface area contributed by atoms with Crippen molar-refractivity contribution in [1.82, 2.24) is 0 Å². The zero-order valence-electron chi connectivity index (χ0n) is 8.74. The van der Waals surface area contributed by atoms with Crippen LogP contribution >= 0.6 is 0 Å². The average Bonchev–Trinajstić information content (AvgIpc) is 2.29. The Morgan fingerprint density at radius 1 is 0.938 bits per heavy atom. The summed E-state index contributed by atoms with van der Waals surface area (Å²) in [6.45, 7) is -0.250. The van der Waals surface area contributed by atoms with Gasteiger partial charge in [-0.05, 0) is 12.8 Å². The van der Waals surface area contributed by atoms with E-state index in [0.29, 0.717) is 12.8 Å². The van der Waals surface area contributed by atoms with E-state index in [1.54, 1.807) is 12.2 Å². The highest BCUT2D eigenvalue weighted by Gasteiger charge is 2.33. The molecule has 0 aliphatic heterocycles. The summed E-state index contributed by atoms with van der Waals surface area (Å²) in [4.78, 5) is 21.1. The number of carboxylic acid groups (broad SMARTS) is 2. The first kappa shape index (κ1) is 14.6. The third-order valence-electron chi connectivity index (χ3n) is 2.17. The highest BCUT2D eigenvalue weighted by atomic mass is 16.4. The lowest BCUT2D eigenvalue weighted by atomic mass is 9.83. The van der Waals surface area contributed by atoms with Crippen LogP contribution in [-0.4, -0.2) is 45.6 Å². The third kappa shape index (κ3) is 4.90. The van der Waals surface area contributed by atoms with E-state index in [1.165, 1.54) is 0 Å². The summed E-state index contributed by atoms with van der Waals surface area (Å²) in [6, 6.07) is 0. The summed E-state index contributed by atoms with van der Waals surface area (Å²) in [7, 11) is 0. The van der Waals surface area contributed by atoms with Gasteiger partial charge in [0.05, 0.1) is 25.0 Å². The monoisotopic (exact) mass is 232 g/mol. The number of carbonyl (C=O) groups is 2. The Morgan fingerprint density at radius 2 is 1.25 bits per heavy atom. The summed E-state index contributed by atoms with van der Waals surface area (Å²) < 4.78 is 0. The number of rotatable bonds is 3. The maximum Gasteiger partial charge on any atom is 0.307 e. The van der Waals surface area contributed by atoms with Gasteiger partial charge in [-0.2, -0.15) is 0 Å². The molecule has 6 heteroatoms. The summed E-state index contributed by atoms with van der Waals surface area (Å²) >= 11 is 0. The van der Waals surface area contributed by atoms with Crippen molar-refractivity contribution >= 4 is 11.9 Å². The molecular formula is C10H16O6. The highest BCUT2D eigenvalue weighted by Crippen LogP contribution is 2.25. The first-order chi connectivity index (χ1) is 7.54. The normalized spacial score (nSPS) is 23.1. The first-order valence-electron chi connectivity index (χ1n) is 4.86. The minimum atomic E-state index is -1.02. The summed E-state index contributed by atoms with van der Waals surface area (Å²) in [5.41, 5.74) is 0. The molecule has 4 N–H and O–H groups in total. The summed E-state index contributed by atoms with van der Waals surface area (Å²) in [5.74, 6) is -3.56. The van der Waals surface area contributed by atoms with Gasteiger partial charge in [-0.3, -0.25) is 9.59 Å². The predicted molar refractivity (Wildman–Crippen MR) is 54.8 cm³/mol. The predicted octanol–water partition coefficient (Wildman–Crippen LogP) is -0.291. The minimum Gasteiger partial charge on any atom is -0.481 e. The van der Waals surface area contributed by atoms with Crippen LogP contribution in [-0.2, 0) is 9.59 Å². The molecule has 2 atom stereocenters. The van der Waals surface area contributed by atoms with Crippen LogP contribution in [0.1, 0.15) is 12.8 Å². The van der Waals surface area contributed by atoms with Crippen molar-refractivity contribution in [3.05, 3.63) is 12.2 Å². The van der Waals surface area contributed by atoms with Crippen LogP contribution in [0.15, 0.2) is 12.2 Å². The first-order valence-corrected chi connectivity index (χ1v) is 4.86. The number of aliphatic hydroxyl groups excluding tert-OH is 2. The van der Waals surface area contributed by atoms with Gasteiger partial charge < -0.3 is 20.4 Å². The lowest BCUT2D eigenvalue weighted by Crippen LogP contribution is -2.30. The SMILES string of the molecule is O=C(O)C1CC=CCC1C(=O)O.OCCO. The molecule has 0 saturated heterocycles. The van der Waals surface area contributed by atoms with Crippen LogP contribution in [0.3, 0.4) is 0 Å². The summed E-state index contributed by atoms with van der Waals surface area (Å²) in [5, 5.41) is 32.6. The van der Waals surface area contributed by atoms with Gasteiger partial charge in [0.15, 0.2) is 0 Å². The van der Waals surface area contributed by atoms with E-state index in [-0.39, 0.29) is 13.2 Å². The fraction of sp³-hybridized carbons (Fsp3) is 0.600. The standard InChI is InChI=1S/C8H10O4.C2H6O2/c9-7(10)5-3-1-2-4-6(5)8(11)12;3-1-2-4/h1-2,5-6H,3-4H2,(H,9,10)(H,11,12);3-4H,1-2H2. The molecule has 0 heterocycles. The molecular weight excluding hydrogens is 216 g/mol. The van der Waals surface area contributed by atoms with Crippen molar-refractivity contribution in [3.63, 3.8) is 0 Å². The van der Waals surface area contributed by atoms with Crippen molar-refractivity contribution in [2.24, 2.45) is 11.8 Å². The van der Waals surface area contributed by atoms with Gasteiger partial charge >= 0.3 is 11.9 Å². The van der Waals surface area contributed by atoms with Crippen molar-refractivity contribution in [1.29, 1.82) is 0 Å². The van der Waals surface area contributed by atoms with Crippen molar-refractivity contribution in [3.8, 4) is 0 Å². The van der Waals surface area contributed by atoms with Crippen molar-refractivity contribution in [2.45, 2.75) is 12.8 Å². The Hall–Kier alpha value is -1.40. The Balaban J connectivity index is 0.000000487. The van der Waals surface area contributed by atoms with Gasteiger partial charge in [-0.1, -0.05) is 12.2 Å². The number of aliphatic carboxylic acids is 2. The van der Waals surface area contributed by atoms with Crippen molar-refractivity contribution in [2.75, 3.05) is 13.2 Å². The molecule has 0 spiro atoms. The second-order valence-corrected chi connectivity index (χ2v) is 3.28. The van der Waals surface area contributed by atoms with E-state index in [2.05, 4.69) is 0 Å². The van der Waals surface area contributed by atoms with E-state index in [4.69, 9.17) is 20.4 Å². The number of allylic oxidation sites excluding steroid dienone is 2. The molecule has 0 radical (unpaired) electrons. The molecule has 1 rings (SSSR count). The van der Waals surface area contributed by atoms with E-state index >= 15 is 0 Å².